The molecule has 0 radical (unpaired) electrons. The van der Waals surface area contributed by atoms with E-state index < -0.39 is 0 Å². The Morgan fingerprint density at radius 2 is 2.19 bits per heavy atom. The number of ketones is 1. The molecule has 1 fully saturated rings. The predicted molar refractivity (Wildman–Crippen MR) is 81.2 cm³/mol. The molecular formula is C18H22NO2+. The number of fused-ring (bicyclic) bond motifs is 4. The Labute approximate surface area is 125 Å². The van der Waals surface area contributed by atoms with E-state index in [0.29, 0.717) is 12.2 Å². The van der Waals surface area contributed by atoms with Gasteiger partial charge in [0.05, 0.1) is 13.5 Å². The number of hydrogen-bond acceptors (Lipinski definition) is 2. The van der Waals surface area contributed by atoms with E-state index in [2.05, 4.69) is 23.6 Å². The van der Waals surface area contributed by atoms with Crippen LogP contribution < -0.4 is 4.74 Å². The van der Waals surface area contributed by atoms with Crippen LogP contribution in [0.1, 0.15) is 49.8 Å². The third-order valence-corrected chi connectivity index (χ3v) is 5.78. The summed E-state index contributed by atoms with van der Waals surface area (Å²) in [6, 6.07) is 6.59. The van der Waals surface area contributed by atoms with E-state index in [9.17, 15) is 4.79 Å². The molecule has 0 bridgehead atoms. The molecule has 110 valence electrons. The van der Waals surface area contributed by atoms with Crippen LogP contribution in [0.15, 0.2) is 18.2 Å². The molecule has 0 saturated heterocycles. The summed E-state index contributed by atoms with van der Waals surface area (Å²) in [7, 11) is 1.71. The van der Waals surface area contributed by atoms with Gasteiger partial charge in [-0.3, -0.25) is 4.79 Å². The van der Waals surface area contributed by atoms with Gasteiger partial charge in [0.1, 0.15) is 17.7 Å². The van der Waals surface area contributed by atoms with Gasteiger partial charge in [0.2, 0.25) is 0 Å². The van der Waals surface area contributed by atoms with Gasteiger partial charge in [-0.15, -0.1) is 0 Å². The van der Waals surface area contributed by atoms with Crippen LogP contribution >= 0.6 is 0 Å². The zero-order chi connectivity index (χ0) is 14.6. The molecule has 1 aliphatic carbocycles. The smallest absolute Gasteiger partial charge is 0.185 e. The summed E-state index contributed by atoms with van der Waals surface area (Å²) in [5.74, 6) is 1.36. The van der Waals surface area contributed by atoms with Crippen molar-refractivity contribution in [1.29, 1.82) is 0 Å². The lowest BCUT2D eigenvalue weighted by Crippen LogP contribution is -2.47. The Hall–Kier alpha value is -1.64. The fourth-order valence-corrected chi connectivity index (χ4v) is 4.55. The first-order valence-electron chi connectivity index (χ1n) is 7.96. The minimum absolute atomic E-state index is 0.166. The highest BCUT2D eigenvalue weighted by atomic mass is 16.5. The second kappa shape index (κ2) is 4.43. The summed E-state index contributed by atoms with van der Waals surface area (Å²) in [4.78, 5) is 12.7. The molecule has 0 amide bonds. The molecule has 2 heterocycles. The number of hydrogen-bond donors (Lipinski definition) is 0. The fraction of sp³-hybridized carbons (Fsp3) is 0.556. The van der Waals surface area contributed by atoms with Gasteiger partial charge in [-0.05, 0) is 43.5 Å². The third-order valence-electron chi connectivity index (χ3n) is 5.78. The van der Waals surface area contributed by atoms with Gasteiger partial charge in [0, 0.05) is 18.4 Å². The lowest BCUT2D eigenvalue weighted by Gasteiger charge is -2.34. The Bertz CT molecular complexity index is 661. The van der Waals surface area contributed by atoms with E-state index in [1.54, 1.807) is 7.11 Å². The SMILES string of the molecule is COc1ccc2c(c1)CC[N+]1=C3CCC[C@@]3(C)C(=O)C[C@@H]21. The van der Waals surface area contributed by atoms with Gasteiger partial charge in [0.15, 0.2) is 17.5 Å². The van der Waals surface area contributed by atoms with Crippen molar-refractivity contribution in [3.05, 3.63) is 29.3 Å². The van der Waals surface area contributed by atoms with Gasteiger partial charge in [-0.2, -0.15) is 0 Å². The average molecular weight is 284 g/mol. The molecule has 2 atom stereocenters. The normalized spacial score (nSPS) is 30.8. The molecule has 1 saturated carbocycles. The van der Waals surface area contributed by atoms with Crippen molar-refractivity contribution in [2.24, 2.45) is 5.41 Å². The molecule has 3 aliphatic rings. The maximum Gasteiger partial charge on any atom is 0.185 e. The zero-order valence-electron chi connectivity index (χ0n) is 12.8. The summed E-state index contributed by atoms with van der Waals surface area (Å²) in [6.07, 6.45) is 5.02. The average Bonchev–Trinajstić information content (AvgIpc) is 2.90. The van der Waals surface area contributed by atoms with Crippen molar-refractivity contribution in [3.63, 3.8) is 0 Å². The van der Waals surface area contributed by atoms with E-state index in [-0.39, 0.29) is 11.5 Å². The molecule has 3 nitrogen and oxygen atoms in total. The van der Waals surface area contributed by atoms with Crippen molar-refractivity contribution in [2.45, 2.75) is 45.1 Å². The Morgan fingerprint density at radius 3 is 3.00 bits per heavy atom. The highest BCUT2D eigenvalue weighted by Crippen LogP contribution is 2.45. The Balaban J connectivity index is 1.84. The number of rotatable bonds is 1. The highest BCUT2D eigenvalue weighted by molar-refractivity contribution is 6.09. The van der Waals surface area contributed by atoms with E-state index in [4.69, 9.17) is 4.74 Å². The van der Waals surface area contributed by atoms with E-state index >= 15 is 0 Å². The van der Waals surface area contributed by atoms with Crippen LogP contribution in [-0.4, -0.2) is 29.7 Å². The van der Waals surface area contributed by atoms with Crippen molar-refractivity contribution >= 4 is 11.5 Å². The van der Waals surface area contributed by atoms with Crippen LogP contribution in [0.5, 0.6) is 5.75 Å². The van der Waals surface area contributed by atoms with Crippen LogP contribution in [0.3, 0.4) is 0 Å². The second-order valence-electron chi connectivity index (χ2n) is 6.78. The van der Waals surface area contributed by atoms with E-state index in [1.165, 1.54) is 16.8 Å². The van der Waals surface area contributed by atoms with Gasteiger partial charge in [0.25, 0.3) is 0 Å². The second-order valence-corrected chi connectivity index (χ2v) is 6.78. The fourth-order valence-electron chi connectivity index (χ4n) is 4.55. The summed E-state index contributed by atoms with van der Waals surface area (Å²) in [5, 5.41) is 0. The molecule has 3 heteroatoms. The Morgan fingerprint density at radius 1 is 1.33 bits per heavy atom. The Kier molecular flexibility index (Phi) is 2.75. The van der Waals surface area contributed by atoms with E-state index in [1.807, 2.05) is 6.07 Å². The lowest BCUT2D eigenvalue weighted by molar-refractivity contribution is -0.581. The topological polar surface area (TPSA) is 29.3 Å². The van der Waals surface area contributed by atoms with Gasteiger partial charge < -0.3 is 4.74 Å². The minimum atomic E-state index is -0.166. The molecule has 2 aliphatic heterocycles. The number of methoxy groups -OCH3 is 1. The largest absolute Gasteiger partial charge is 0.497 e. The molecule has 0 unspecified atom stereocenters. The van der Waals surface area contributed by atoms with Crippen molar-refractivity contribution in [2.75, 3.05) is 13.7 Å². The van der Waals surface area contributed by atoms with Gasteiger partial charge in [-0.1, -0.05) is 0 Å². The van der Waals surface area contributed by atoms with Crippen LogP contribution in [0, 0.1) is 5.41 Å². The molecule has 0 aromatic heterocycles. The van der Waals surface area contributed by atoms with Crippen LogP contribution in [0.25, 0.3) is 0 Å². The van der Waals surface area contributed by atoms with Crippen molar-refractivity contribution < 1.29 is 14.1 Å². The van der Waals surface area contributed by atoms with Crippen molar-refractivity contribution in [3.8, 4) is 5.75 Å². The molecule has 1 aromatic rings. The van der Waals surface area contributed by atoms with Crippen LogP contribution in [-0.2, 0) is 11.2 Å². The number of benzene rings is 1. The predicted octanol–water partition coefficient (Wildman–Crippen LogP) is 2.91. The van der Waals surface area contributed by atoms with Crippen molar-refractivity contribution in [1.82, 2.24) is 0 Å². The lowest BCUT2D eigenvalue weighted by atomic mass is 9.74. The number of ether oxygens (including phenoxy) is 1. The highest BCUT2D eigenvalue weighted by Gasteiger charge is 2.54. The first kappa shape index (κ1) is 13.1. The van der Waals surface area contributed by atoms with Gasteiger partial charge in [-0.25, -0.2) is 4.58 Å². The van der Waals surface area contributed by atoms with Crippen LogP contribution in [0.2, 0.25) is 0 Å². The summed E-state index contributed by atoms with van der Waals surface area (Å²) in [6.45, 7) is 3.21. The molecular weight excluding hydrogens is 262 g/mol. The van der Waals surface area contributed by atoms with Gasteiger partial charge >= 0.3 is 0 Å². The molecule has 0 spiro atoms. The maximum absolute atomic E-state index is 12.7. The minimum Gasteiger partial charge on any atom is -0.497 e. The standard InChI is InChI=1S/C18H22NO2/c1-18-8-3-4-16(18)19-9-7-12-10-13(21-2)5-6-14(12)15(19)11-17(18)20/h5-6,10,15H,3-4,7-9,11H2,1-2H3/q+1/t15-,18+/m0/s1. The zero-order valence-corrected chi connectivity index (χ0v) is 12.8. The third kappa shape index (κ3) is 1.73. The molecule has 0 N–H and O–H groups in total. The quantitative estimate of drug-likeness (QED) is 0.742. The first-order chi connectivity index (χ1) is 10.1. The molecule has 1 aromatic carbocycles. The summed E-state index contributed by atoms with van der Waals surface area (Å²) in [5.41, 5.74) is 3.92. The molecule has 21 heavy (non-hydrogen) atoms. The summed E-state index contributed by atoms with van der Waals surface area (Å²) >= 11 is 0. The van der Waals surface area contributed by atoms with Crippen LogP contribution in [0.4, 0.5) is 0 Å². The first-order valence-corrected chi connectivity index (χ1v) is 7.96. The maximum atomic E-state index is 12.7. The number of carbonyl (C=O) groups excluding carboxylic acids is 1. The monoisotopic (exact) mass is 284 g/mol. The molecule has 4 rings (SSSR count). The van der Waals surface area contributed by atoms with E-state index in [0.717, 1.165) is 38.0 Å². The number of carbonyl (C=O) groups is 1. The summed E-state index contributed by atoms with van der Waals surface area (Å²) < 4.78 is 7.88. The number of nitrogens with zero attached hydrogens (tertiary/aromatic N) is 1. The number of Topliss-reactive ketones (excluding diaryl/α,β-unsaturated/α-hetero) is 1.